The van der Waals surface area contributed by atoms with Crippen molar-refractivity contribution in [2.75, 3.05) is 19.6 Å². The van der Waals surface area contributed by atoms with Gasteiger partial charge in [-0.2, -0.15) is 0 Å². The van der Waals surface area contributed by atoms with Gasteiger partial charge in [-0.05, 0) is 44.4 Å². The van der Waals surface area contributed by atoms with E-state index in [1.165, 1.54) is 6.42 Å². The topological polar surface area (TPSA) is 40.6 Å². The molecule has 2 aliphatic rings. The Balaban J connectivity index is 2.14. The molecule has 1 atom stereocenters. The number of rotatable bonds is 3. The molecule has 1 unspecified atom stereocenters. The molecule has 2 rings (SSSR count). The lowest BCUT2D eigenvalue weighted by atomic mass is 9.79. The van der Waals surface area contributed by atoms with Crippen molar-refractivity contribution in [3.63, 3.8) is 0 Å². The standard InChI is InChI=1S/C18H32N2O2/c1-14(2)18(3,4)17(22)20-13-9-6-10-15(20)16(21)19-11-7-5-8-12-19/h14-15H,5-13H2,1-4H3. The maximum absolute atomic E-state index is 13.0. The Morgan fingerprint density at radius 2 is 1.55 bits per heavy atom. The minimum atomic E-state index is -0.405. The number of hydrogen-bond donors (Lipinski definition) is 0. The van der Waals surface area contributed by atoms with Crippen molar-refractivity contribution in [3.05, 3.63) is 0 Å². The molecule has 0 aliphatic carbocycles. The smallest absolute Gasteiger partial charge is 0.245 e. The van der Waals surface area contributed by atoms with Gasteiger partial charge in [0.25, 0.3) is 0 Å². The van der Waals surface area contributed by atoms with E-state index in [1.54, 1.807) is 0 Å². The van der Waals surface area contributed by atoms with Gasteiger partial charge in [0.1, 0.15) is 6.04 Å². The van der Waals surface area contributed by atoms with Crippen LogP contribution >= 0.6 is 0 Å². The van der Waals surface area contributed by atoms with Crippen LogP contribution in [-0.4, -0.2) is 47.3 Å². The summed E-state index contributed by atoms with van der Waals surface area (Å²) in [5.41, 5.74) is -0.405. The molecular formula is C18H32N2O2. The van der Waals surface area contributed by atoms with Crippen LogP contribution < -0.4 is 0 Å². The van der Waals surface area contributed by atoms with E-state index in [9.17, 15) is 9.59 Å². The first-order valence-corrected chi connectivity index (χ1v) is 8.95. The van der Waals surface area contributed by atoms with Gasteiger partial charge in [0.15, 0.2) is 0 Å². The van der Waals surface area contributed by atoms with E-state index < -0.39 is 5.41 Å². The summed E-state index contributed by atoms with van der Waals surface area (Å²) < 4.78 is 0. The molecule has 0 N–H and O–H groups in total. The molecular weight excluding hydrogens is 276 g/mol. The van der Waals surface area contributed by atoms with E-state index in [-0.39, 0.29) is 23.8 Å². The highest BCUT2D eigenvalue weighted by Crippen LogP contribution is 2.32. The quantitative estimate of drug-likeness (QED) is 0.804. The molecule has 0 saturated carbocycles. The van der Waals surface area contributed by atoms with E-state index in [1.807, 2.05) is 23.6 Å². The zero-order chi connectivity index (χ0) is 16.3. The average molecular weight is 308 g/mol. The van der Waals surface area contributed by atoms with Crippen molar-refractivity contribution in [2.45, 2.75) is 72.3 Å². The molecule has 2 aliphatic heterocycles. The molecule has 22 heavy (non-hydrogen) atoms. The van der Waals surface area contributed by atoms with E-state index in [2.05, 4.69) is 13.8 Å². The van der Waals surface area contributed by atoms with Gasteiger partial charge in [-0.15, -0.1) is 0 Å². The summed E-state index contributed by atoms with van der Waals surface area (Å²) >= 11 is 0. The fourth-order valence-corrected chi connectivity index (χ4v) is 3.37. The van der Waals surface area contributed by atoms with Gasteiger partial charge in [-0.3, -0.25) is 9.59 Å². The number of nitrogens with zero attached hydrogens (tertiary/aromatic N) is 2. The molecule has 2 amide bonds. The van der Waals surface area contributed by atoms with Crippen molar-refractivity contribution < 1.29 is 9.59 Å². The van der Waals surface area contributed by atoms with Crippen molar-refractivity contribution in [1.29, 1.82) is 0 Å². The summed E-state index contributed by atoms with van der Waals surface area (Å²) in [6.45, 7) is 10.7. The van der Waals surface area contributed by atoms with Gasteiger partial charge in [-0.25, -0.2) is 0 Å². The van der Waals surface area contributed by atoms with Crippen LogP contribution in [0.5, 0.6) is 0 Å². The third-order valence-corrected chi connectivity index (χ3v) is 5.71. The van der Waals surface area contributed by atoms with Crippen LogP contribution in [0, 0.1) is 11.3 Å². The predicted molar refractivity (Wildman–Crippen MR) is 88.4 cm³/mol. The number of hydrogen-bond acceptors (Lipinski definition) is 2. The number of likely N-dealkylation sites (tertiary alicyclic amines) is 2. The molecule has 2 fully saturated rings. The summed E-state index contributed by atoms with van der Waals surface area (Å²) in [7, 11) is 0. The van der Waals surface area contributed by atoms with E-state index in [0.29, 0.717) is 0 Å². The number of carbonyl (C=O) groups excluding carboxylic acids is 2. The van der Waals surface area contributed by atoms with Crippen LogP contribution in [0.3, 0.4) is 0 Å². The molecule has 2 heterocycles. The molecule has 2 saturated heterocycles. The highest BCUT2D eigenvalue weighted by atomic mass is 16.2. The summed E-state index contributed by atoms with van der Waals surface area (Å²) in [6.07, 6.45) is 6.32. The van der Waals surface area contributed by atoms with Crippen LogP contribution in [0.25, 0.3) is 0 Å². The van der Waals surface area contributed by atoms with Gasteiger partial charge in [-0.1, -0.05) is 27.7 Å². The monoisotopic (exact) mass is 308 g/mol. The Labute approximate surface area is 135 Å². The number of piperidine rings is 2. The lowest BCUT2D eigenvalue weighted by molar-refractivity contribution is -0.155. The fraction of sp³-hybridized carbons (Fsp3) is 0.889. The first-order chi connectivity index (χ1) is 10.4. The molecule has 0 bridgehead atoms. The van der Waals surface area contributed by atoms with Crippen LogP contribution in [0.1, 0.15) is 66.2 Å². The Morgan fingerprint density at radius 3 is 2.14 bits per heavy atom. The van der Waals surface area contributed by atoms with Gasteiger partial charge in [0.05, 0.1) is 0 Å². The number of carbonyl (C=O) groups is 2. The highest BCUT2D eigenvalue weighted by molar-refractivity contribution is 5.90. The molecule has 0 aromatic heterocycles. The predicted octanol–water partition coefficient (Wildman–Crippen LogP) is 3.06. The molecule has 4 nitrogen and oxygen atoms in total. The summed E-state index contributed by atoms with van der Waals surface area (Å²) in [5, 5.41) is 0. The van der Waals surface area contributed by atoms with Gasteiger partial charge in [0, 0.05) is 25.0 Å². The lowest BCUT2D eigenvalue weighted by Crippen LogP contribution is -2.57. The average Bonchev–Trinajstić information content (AvgIpc) is 2.54. The third-order valence-electron chi connectivity index (χ3n) is 5.71. The van der Waals surface area contributed by atoms with E-state index >= 15 is 0 Å². The Bertz CT molecular complexity index is 411. The fourth-order valence-electron chi connectivity index (χ4n) is 3.37. The second-order valence-electron chi connectivity index (χ2n) is 7.77. The maximum Gasteiger partial charge on any atom is 0.245 e. The second-order valence-corrected chi connectivity index (χ2v) is 7.77. The second kappa shape index (κ2) is 7.01. The van der Waals surface area contributed by atoms with Gasteiger partial charge >= 0.3 is 0 Å². The zero-order valence-corrected chi connectivity index (χ0v) is 14.7. The first kappa shape index (κ1) is 17.3. The summed E-state index contributed by atoms with van der Waals surface area (Å²) in [5.74, 6) is 0.609. The van der Waals surface area contributed by atoms with Gasteiger partial charge in [0.2, 0.25) is 11.8 Å². The van der Waals surface area contributed by atoms with Crippen LogP contribution in [0.15, 0.2) is 0 Å². The number of amides is 2. The Morgan fingerprint density at radius 1 is 0.955 bits per heavy atom. The maximum atomic E-state index is 13.0. The zero-order valence-electron chi connectivity index (χ0n) is 14.7. The van der Waals surface area contributed by atoms with E-state index in [4.69, 9.17) is 0 Å². The normalized spacial score (nSPS) is 23.8. The van der Waals surface area contributed by atoms with Crippen molar-refractivity contribution in [2.24, 2.45) is 11.3 Å². The third kappa shape index (κ3) is 3.47. The molecule has 0 spiro atoms. The Hall–Kier alpha value is -1.06. The summed E-state index contributed by atoms with van der Waals surface area (Å²) in [4.78, 5) is 29.8. The molecule has 0 aromatic rings. The minimum absolute atomic E-state index is 0.151. The Kier molecular flexibility index (Phi) is 5.51. The van der Waals surface area contributed by atoms with Gasteiger partial charge < -0.3 is 9.80 Å². The highest BCUT2D eigenvalue weighted by Gasteiger charge is 2.41. The first-order valence-electron chi connectivity index (χ1n) is 8.95. The molecule has 0 radical (unpaired) electrons. The van der Waals surface area contributed by atoms with Crippen molar-refractivity contribution in [1.82, 2.24) is 9.80 Å². The van der Waals surface area contributed by atoms with Crippen LogP contribution in [0.4, 0.5) is 0 Å². The largest absolute Gasteiger partial charge is 0.341 e. The molecule has 126 valence electrons. The minimum Gasteiger partial charge on any atom is -0.341 e. The lowest BCUT2D eigenvalue weighted by Gasteiger charge is -2.43. The van der Waals surface area contributed by atoms with Crippen molar-refractivity contribution in [3.8, 4) is 0 Å². The van der Waals surface area contributed by atoms with Crippen LogP contribution in [0.2, 0.25) is 0 Å². The SMILES string of the molecule is CC(C)C(C)(C)C(=O)N1CCCCC1C(=O)N1CCCCC1. The van der Waals surface area contributed by atoms with E-state index in [0.717, 1.165) is 51.7 Å². The molecule has 0 aromatic carbocycles. The summed E-state index contributed by atoms with van der Waals surface area (Å²) in [6, 6.07) is -0.225. The van der Waals surface area contributed by atoms with Crippen molar-refractivity contribution >= 4 is 11.8 Å². The van der Waals surface area contributed by atoms with Crippen LogP contribution in [-0.2, 0) is 9.59 Å². The molecule has 4 heteroatoms.